The maximum absolute atomic E-state index is 13.8. The van der Waals surface area contributed by atoms with E-state index in [9.17, 15) is 8.78 Å². The zero-order valence-corrected chi connectivity index (χ0v) is 9.79. The average molecular weight is 250 g/mol. The predicted octanol–water partition coefficient (Wildman–Crippen LogP) is 2.44. The van der Waals surface area contributed by atoms with Crippen LogP contribution in [0.2, 0.25) is 5.15 Å². The molecule has 0 aromatic carbocycles. The molecule has 3 nitrogen and oxygen atoms in total. The third kappa shape index (κ3) is 2.06. The Kier molecular flexibility index (Phi) is 3.17. The molecule has 0 N–H and O–H groups in total. The van der Waals surface area contributed by atoms with E-state index in [0.717, 1.165) is 6.54 Å². The molecule has 1 fully saturated rings. The lowest BCUT2D eigenvalue weighted by atomic mass is 10.0. The van der Waals surface area contributed by atoms with Gasteiger partial charge in [0.05, 0.1) is 6.20 Å². The van der Waals surface area contributed by atoms with Gasteiger partial charge in [-0.1, -0.05) is 18.5 Å². The van der Waals surface area contributed by atoms with Crippen LogP contribution in [0.3, 0.4) is 0 Å². The van der Waals surface area contributed by atoms with Crippen LogP contribution in [-0.2, 0) is 0 Å². The van der Waals surface area contributed by atoms with Gasteiger partial charge >= 0.3 is 0 Å². The number of hydrogen-bond donors (Lipinski definition) is 0. The highest BCUT2D eigenvalue weighted by Crippen LogP contribution is 2.37. The molecule has 0 spiro atoms. The number of likely N-dealkylation sites (tertiary alicyclic amines) is 1. The quantitative estimate of drug-likeness (QED) is 0.803. The Morgan fingerprint density at radius 3 is 2.94 bits per heavy atom. The summed E-state index contributed by atoms with van der Waals surface area (Å²) in [4.78, 5) is 1.99. The van der Waals surface area contributed by atoms with Crippen LogP contribution in [0.5, 0.6) is 0 Å². The molecule has 1 aromatic rings. The van der Waals surface area contributed by atoms with Crippen LogP contribution < -0.4 is 0 Å². The van der Waals surface area contributed by atoms with Crippen LogP contribution in [0.1, 0.15) is 19.4 Å². The maximum atomic E-state index is 13.8. The van der Waals surface area contributed by atoms with Gasteiger partial charge in [0.25, 0.3) is 5.92 Å². The van der Waals surface area contributed by atoms with Crippen molar-refractivity contribution in [3.63, 3.8) is 0 Å². The van der Waals surface area contributed by atoms with Crippen LogP contribution in [0.25, 0.3) is 0 Å². The summed E-state index contributed by atoms with van der Waals surface area (Å²) in [6.07, 6.45) is 1.31. The molecular weight excluding hydrogens is 236 g/mol. The zero-order valence-electron chi connectivity index (χ0n) is 9.04. The number of rotatable bonds is 2. The summed E-state index contributed by atoms with van der Waals surface area (Å²) < 4.78 is 28.8. The summed E-state index contributed by atoms with van der Waals surface area (Å²) in [6.45, 7) is 3.46. The molecule has 90 valence electrons. The first kappa shape index (κ1) is 11.8. The summed E-state index contributed by atoms with van der Waals surface area (Å²) >= 11 is 5.84. The molecule has 0 aliphatic carbocycles. The largest absolute Gasteiger partial charge is 0.301 e. The molecule has 1 aromatic heterocycles. The molecule has 6 heteroatoms. The number of alkyl halides is 2. The van der Waals surface area contributed by atoms with Crippen molar-refractivity contribution in [2.24, 2.45) is 0 Å². The molecule has 1 aliphatic rings. The summed E-state index contributed by atoms with van der Waals surface area (Å²) in [5.74, 6) is -2.73. The van der Waals surface area contributed by atoms with Crippen molar-refractivity contribution in [1.82, 2.24) is 14.7 Å². The molecule has 2 rings (SSSR count). The fourth-order valence-corrected chi connectivity index (χ4v) is 2.23. The summed E-state index contributed by atoms with van der Waals surface area (Å²) in [6, 6.07) is 0.575. The molecule has 2 heterocycles. The molecule has 16 heavy (non-hydrogen) atoms. The highest BCUT2D eigenvalue weighted by atomic mass is 35.5. The molecule has 1 saturated heterocycles. The second-order valence-electron chi connectivity index (χ2n) is 4.02. The minimum atomic E-state index is -2.73. The second-order valence-corrected chi connectivity index (χ2v) is 4.41. The van der Waals surface area contributed by atoms with Gasteiger partial charge in [-0.2, -0.15) is 5.10 Å². The molecule has 0 saturated carbocycles. The van der Waals surface area contributed by atoms with Crippen molar-refractivity contribution >= 4 is 11.6 Å². The van der Waals surface area contributed by atoms with Crippen LogP contribution in [0, 0.1) is 0 Å². The number of hydrogen-bond acceptors (Lipinski definition) is 2. The number of halogens is 3. The molecule has 1 atom stereocenters. The minimum Gasteiger partial charge on any atom is -0.301 e. The summed E-state index contributed by atoms with van der Waals surface area (Å²) in [7, 11) is 0. The van der Waals surface area contributed by atoms with Gasteiger partial charge in [0, 0.05) is 19.5 Å². The van der Waals surface area contributed by atoms with Gasteiger partial charge in [0.15, 0.2) is 0 Å². The molecule has 0 amide bonds. The highest BCUT2D eigenvalue weighted by Gasteiger charge is 2.45. The van der Waals surface area contributed by atoms with Crippen LogP contribution >= 0.6 is 11.6 Å². The Balaban J connectivity index is 2.25. The molecule has 1 aliphatic heterocycles. The van der Waals surface area contributed by atoms with Gasteiger partial charge in [-0.15, -0.1) is 0 Å². The molecular formula is C10H14ClF2N3. The van der Waals surface area contributed by atoms with Crippen molar-refractivity contribution < 1.29 is 8.78 Å². The smallest absolute Gasteiger partial charge is 0.272 e. The summed E-state index contributed by atoms with van der Waals surface area (Å²) in [5, 5.41) is 4.15. The lowest BCUT2D eigenvalue weighted by Gasteiger charge is -2.38. The van der Waals surface area contributed by atoms with Crippen LogP contribution in [0.15, 0.2) is 12.3 Å². The number of piperidine rings is 1. The van der Waals surface area contributed by atoms with Gasteiger partial charge in [-0.05, 0) is 12.6 Å². The number of likely N-dealkylation sites (N-methyl/N-ethyl adjacent to an activating group) is 1. The first-order chi connectivity index (χ1) is 7.54. The summed E-state index contributed by atoms with van der Waals surface area (Å²) in [5.41, 5.74) is 0. The van der Waals surface area contributed by atoms with Crippen LogP contribution in [0.4, 0.5) is 8.78 Å². The van der Waals surface area contributed by atoms with E-state index >= 15 is 0 Å². The highest BCUT2D eigenvalue weighted by molar-refractivity contribution is 6.29. The Bertz CT molecular complexity index is 367. The van der Waals surface area contributed by atoms with E-state index in [2.05, 4.69) is 5.10 Å². The van der Waals surface area contributed by atoms with E-state index in [1.165, 1.54) is 16.9 Å². The lowest BCUT2D eigenvalue weighted by Crippen LogP contribution is -2.48. The fourth-order valence-electron chi connectivity index (χ4n) is 2.01. The second kappa shape index (κ2) is 4.30. The van der Waals surface area contributed by atoms with Crippen molar-refractivity contribution in [3.05, 3.63) is 17.4 Å². The number of aromatic nitrogens is 2. The third-order valence-electron chi connectivity index (χ3n) is 3.04. The average Bonchev–Trinajstić information content (AvgIpc) is 2.64. The van der Waals surface area contributed by atoms with Crippen molar-refractivity contribution in [3.8, 4) is 0 Å². The van der Waals surface area contributed by atoms with E-state index in [1.54, 1.807) is 0 Å². The van der Waals surface area contributed by atoms with Crippen molar-refractivity contribution in [1.29, 1.82) is 0 Å². The first-order valence-electron chi connectivity index (χ1n) is 5.34. The van der Waals surface area contributed by atoms with E-state index in [0.29, 0.717) is 13.1 Å². The van der Waals surface area contributed by atoms with Crippen molar-refractivity contribution in [2.45, 2.75) is 25.3 Å². The molecule has 0 unspecified atom stereocenters. The minimum absolute atomic E-state index is 0.137. The Hall–Kier alpha value is -0.680. The van der Waals surface area contributed by atoms with Gasteiger partial charge in [0.1, 0.15) is 11.2 Å². The van der Waals surface area contributed by atoms with Gasteiger partial charge < -0.3 is 4.90 Å². The zero-order chi connectivity index (χ0) is 11.8. The van der Waals surface area contributed by atoms with Gasteiger partial charge in [0.2, 0.25) is 0 Å². The monoisotopic (exact) mass is 249 g/mol. The predicted molar refractivity (Wildman–Crippen MR) is 58.0 cm³/mol. The SMILES string of the molecule is CCN1CCC(F)(F)[C@H](n2nccc2Cl)C1. The Labute approximate surface area is 98.0 Å². The van der Waals surface area contributed by atoms with E-state index in [4.69, 9.17) is 11.6 Å². The Morgan fingerprint density at radius 2 is 2.38 bits per heavy atom. The standard InChI is InChI=1S/C10H14ClF2N3/c1-2-15-6-4-10(12,13)8(7-15)16-9(11)3-5-14-16/h3,5,8H,2,4,6-7H2,1H3/t8-/m1/s1. The number of nitrogens with zero attached hydrogens (tertiary/aromatic N) is 3. The normalized spacial score (nSPS) is 25.9. The molecule has 0 radical (unpaired) electrons. The fraction of sp³-hybridized carbons (Fsp3) is 0.700. The van der Waals surface area contributed by atoms with Gasteiger partial charge in [-0.25, -0.2) is 13.5 Å². The first-order valence-corrected chi connectivity index (χ1v) is 5.71. The third-order valence-corrected chi connectivity index (χ3v) is 3.34. The van der Waals surface area contributed by atoms with Crippen molar-refractivity contribution in [2.75, 3.05) is 19.6 Å². The van der Waals surface area contributed by atoms with Crippen LogP contribution in [-0.4, -0.2) is 40.2 Å². The lowest BCUT2D eigenvalue weighted by molar-refractivity contribution is -0.101. The van der Waals surface area contributed by atoms with E-state index < -0.39 is 12.0 Å². The van der Waals surface area contributed by atoms with E-state index in [-0.39, 0.29) is 11.6 Å². The molecule has 0 bridgehead atoms. The van der Waals surface area contributed by atoms with Gasteiger partial charge in [-0.3, -0.25) is 0 Å². The topological polar surface area (TPSA) is 21.1 Å². The van der Waals surface area contributed by atoms with E-state index in [1.807, 2.05) is 11.8 Å². The maximum Gasteiger partial charge on any atom is 0.272 e. The Morgan fingerprint density at radius 1 is 1.62 bits per heavy atom.